The first-order valence-electron chi connectivity index (χ1n) is 6.52. The molecule has 0 heterocycles. The summed E-state index contributed by atoms with van der Waals surface area (Å²) in [4.78, 5) is 9.76. The molecule has 0 aromatic heterocycles. The van der Waals surface area contributed by atoms with Crippen LogP contribution < -0.4 is 10.5 Å². The molecule has 1 aromatic carbocycles. The fraction of sp³-hybridized carbons (Fsp3) is 0.500. The topological polar surface area (TPSA) is 115 Å². The Morgan fingerprint density at radius 3 is 2.48 bits per heavy atom. The molecule has 2 rings (SSSR count). The molecule has 21 heavy (non-hydrogen) atoms. The summed E-state index contributed by atoms with van der Waals surface area (Å²) in [6.07, 6.45) is 2.66. The second-order valence-electron chi connectivity index (χ2n) is 5.08. The van der Waals surface area contributed by atoms with Crippen LogP contribution in [0.15, 0.2) is 23.1 Å². The van der Waals surface area contributed by atoms with E-state index in [1.807, 2.05) is 0 Å². The molecule has 0 bridgehead atoms. The van der Waals surface area contributed by atoms with Crippen molar-refractivity contribution in [3.63, 3.8) is 0 Å². The van der Waals surface area contributed by atoms with Crippen LogP contribution in [-0.2, 0) is 10.0 Å². The third kappa shape index (κ3) is 3.70. The van der Waals surface area contributed by atoms with Gasteiger partial charge in [-0.15, -0.1) is 0 Å². The normalized spacial score (nSPS) is 23.0. The smallest absolute Gasteiger partial charge is 0.290 e. The summed E-state index contributed by atoms with van der Waals surface area (Å²) < 4.78 is 27.3. The molecule has 0 spiro atoms. The van der Waals surface area contributed by atoms with Crippen LogP contribution in [0.4, 0.5) is 5.69 Å². The molecule has 7 nitrogen and oxygen atoms in total. The Labute approximate surface area is 127 Å². The molecule has 3 N–H and O–H groups in total. The third-order valence-electron chi connectivity index (χ3n) is 3.51. The van der Waals surface area contributed by atoms with E-state index in [1.54, 1.807) is 0 Å². The van der Waals surface area contributed by atoms with Gasteiger partial charge in [-0.1, -0.05) is 17.7 Å². The lowest BCUT2D eigenvalue weighted by Crippen LogP contribution is -2.40. The Morgan fingerprint density at radius 1 is 1.29 bits per heavy atom. The van der Waals surface area contributed by atoms with Gasteiger partial charge in [-0.2, -0.15) is 0 Å². The number of hydrogen-bond acceptors (Lipinski definition) is 5. The van der Waals surface area contributed by atoms with E-state index < -0.39 is 25.5 Å². The lowest BCUT2D eigenvalue weighted by Gasteiger charge is -2.26. The third-order valence-corrected chi connectivity index (χ3v) is 5.54. The zero-order chi connectivity index (χ0) is 15.6. The van der Waals surface area contributed by atoms with E-state index in [0.29, 0.717) is 12.8 Å². The van der Waals surface area contributed by atoms with Gasteiger partial charge in [0.1, 0.15) is 0 Å². The highest BCUT2D eigenvalue weighted by molar-refractivity contribution is 7.89. The summed E-state index contributed by atoms with van der Waals surface area (Å²) >= 11 is 5.86. The van der Waals surface area contributed by atoms with Crippen LogP contribution in [0.1, 0.15) is 25.7 Å². The first kappa shape index (κ1) is 16.2. The summed E-state index contributed by atoms with van der Waals surface area (Å²) in [7, 11) is -4.05. The van der Waals surface area contributed by atoms with Gasteiger partial charge >= 0.3 is 0 Å². The van der Waals surface area contributed by atoms with Crippen LogP contribution in [0.5, 0.6) is 0 Å². The second kappa shape index (κ2) is 6.27. The molecular formula is C12H16ClN3O4S. The summed E-state index contributed by atoms with van der Waals surface area (Å²) in [5.41, 5.74) is 5.25. The van der Waals surface area contributed by atoms with Gasteiger partial charge in [0, 0.05) is 18.2 Å². The van der Waals surface area contributed by atoms with Crippen molar-refractivity contribution < 1.29 is 13.3 Å². The summed E-state index contributed by atoms with van der Waals surface area (Å²) in [5, 5.41) is 10.8. The predicted octanol–water partition coefficient (Wildman–Crippen LogP) is 1.80. The lowest BCUT2D eigenvalue weighted by molar-refractivity contribution is -0.387. The number of hydrogen-bond donors (Lipinski definition) is 2. The lowest BCUT2D eigenvalue weighted by atomic mass is 9.93. The van der Waals surface area contributed by atoms with E-state index in [2.05, 4.69) is 4.72 Å². The maximum atomic E-state index is 12.4. The maximum Gasteiger partial charge on any atom is 0.290 e. The minimum absolute atomic E-state index is 0.0837. The standard InChI is InChI=1S/C12H16ClN3O4S/c13-10-2-1-3-11(16(17)18)12(10)21(19,20)15-9-6-4-8(14)5-7-9/h1-3,8-9,15H,4-7,14H2. The molecule has 1 fully saturated rings. The molecule has 9 heteroatoms. The molecule has 1 aromatic rings. The minimum Gasteiger partial charge on any atom is -0.328 e. The first-order valence-corrected chi connectivity index (χ1v) is 8.38. The van der Waals surface area contributed by atoms with Crippen LogP contribution >= 0.6 is 11.6 Å². The van der Waals surface area contributed by atoms with Gasteiger partial charge in [-0.3, -0.25) is 10.1 Å². The molecule has 0 amide bonds. The van der Waals surface area contributed by atoms with Crippen molar-refractivity contribution in [2.45, 2.75) is 42.7 Å². The summed E-state index contributed by atoms with van der Waals surface area (Å²) in [5.74, 6) is 0. The summed E-state index contributed by atoms with van der Waals surface area (Å²) in [6.45, 7) is 0. The Hall–Kier alpha value is -1.22. The fourth-order valence-corrected chi connectivity index (χ4v) is 4.43. The van der Waals surface area contributed by atoms with Crippen molar-refractivity contribution in [2.75, 3.05) is 0 Å². The number of benzene rings is 1. The number of nitrogens with one attached hydrogen (secondary N) is 1. The molecule has 1 aliphatic carbocycles. The molecule has 0 saturated heterocycles. The quantitative estimate of drug-likeness (QED) is 0.643. The Kier molecular flexibility index (Phi) is 4.82. The molecule has 0 unspecified atom stereocenters. The van der Waals surface area contributed by atoms with Crippen molar-refractivity contribution in [2.24, 2.45) is 5.73 Å². The Bertz CT molecular complexity index is 642. The fourth-order valence-electron chi connectivity index (χ4n) is 2.42. The van der Waals surface area contributed by atoms with E-state index in [9.17, 15) is 18.5 Å². The van der Waals surface area contributed by atoms with E-state index in [0.717, 1.165) is 18.9 Å². The average molecular weight is 334 g/mol. The average Bonchev–Trinajstić information content (AvgIpc) is 2.40. The number of nitro benzene ring substituents is 1. The molecule has 0 aliphatic heterocycles. The van der Waals surface area contributed by atoms with Gasteiger partial charge in [0.25, 0.3) is 5.69 Å². The molecule has 1 aliphatic rings. The molecular weight excluding hydrogens is 318 g/mol. The van der Waals surface area contributed by atoms with Crippen LogP contribution in [0, 0.1) is 10.1 Å². The van der Waals surface area contributed by atoms with Gasteiger partial charge in [0.2, 0.25) is 10.0 Å². The SMILES string of the molecule is NC1CCC(NS(=O)(=O)c2c(Cl)cccc2[N+](=O)[O-])CC1. The first-order chi connectivity index (χ1) is 9.81. The van der Waals surface area contributed by atoms with E-state index in [4.69, 9.17) is 17.3 Å². The van der Waals surface area contributed by atoms with Gasteiger partial charge in [-0.25, -0.2) is 13.1 Å². The maximum absolute atomic E-state index is 12.4. The van der Waals surface area contributed by atoms with E-state index in [-0.39, 0.29) is 17.1 Å². The monoisotopic (exact) mass is 333 g/mol. The second-order valence-corrected chi connectivity index (χ2v) is 7.14. The number of rotatable bonds is 4. The number of nitrogens with two attached hydrogens (primary N) is 1. The molecule has 0 atom stereocenters. The molecule has 1 saturated carbocycles. The number of nitrogens with zero attached hydrogens (tertiary/aromatic N) is 1. The Balaban J connectivity index is 2.30. The summed E-state index contributed by atoms with van der Waals surface area (Å²) in [6, 6.07) is 3.60. The highest BCUT2D eigenvalue weighted by atomic mass is 35.5. The predicted molar refractivity (Wildman–Crippen MR) is 78.7 cm³/mol. The van der Waals surface area contributed by atoms with Crippen LogP contribution in [-0.4, -0.2) is 25.4 Å². The van der Waals surface area contributed by atoms with Gasteiger partial charge < -0.3 is 5.73 Å². The van der Waals surface area contributed by atoms with Gasteiger partial charge in [-0.05, 0) is 31.7 Å². The van der Waals surface area contributed by atoms with Crippen LogP contribution in [0.3, 0.4) is 0 Å². The van der Waals surface area contributed by atoms with Crippen molar-refractivity contribution in [1.29, 1.82) is 0 Å². The molecule has 0 radical (unpaired) electrons. The minimum atomic E-state index is -4.05. The van der Waals surface area contributed by atoms with Crippen LogP contribution in [0.2, 0.25) is 5.02 Å². The van der Waals surface area contributed by atoms with E-state index >= 15 is 0 Å². The van der Waals surface area contributed by atoms with Crippen molar-refractivity contribution in [1.82, 2.24) is 4.72 Å². The largest absolute Gasteiger partial charge is 0.328 e. The number of nitro groups is 1. The van der Waals surface area contributed by atoms with Crippen LogP contribution in [0.25, 0.3) is 0 Å². The highest BCUT2D eigenvalue weighted by Gasteiger charge is 2.31. The van der Waals surface area contributed by atoms with Gasteiger partial charge in [0.05, 0.1) is 9.95 Å². The zero-order valence-corrected chi connectivity index (χ0v) is 12.7. The number of halogens is 1. The number of sulfonamides is 1. The van der Waals surface area contributed by atoms with E-state index in [1.165, 1.54) is 12.1 Å². The van der Waals surface area contributed by atoms with Crippen molar-refractivity contribution in [3.8, 4) is 0 Å². The van der Waals surface area contributed by atoms with Crippen molar-refractivity contribution >= 4 is 27.3 Å². The highest BCUT2D eigenvalue weighted by Crippen LogP contribution is 2.31. The van der Waals surface area contributed by atoms with Gasteiger partial charge in [0.15, 0.2) is 4.90 Å². The Morgan fingerprint density at radius 2 is 1.90 bits per heavy atom. The van der Waals surface area contributed by atoms with Crippen molar-refractivity contribution in [3.05, 3.63) is 33.3 Å². The zero-order valence-electron chi connectivity index (χ0n) is 11.2. The molecule has 116 valence electrons.